The third-order valence-corrected chi connectivity index (χ3v) is 2.89. The fraction of sp³-hybridized carbons (Fsp3) is 0.500. The maximum absolute atomic E-state index is 11.0. The van der Waals surface area contributed by atoms with Gasteiger partial charge in [-0.15, -0.1) is 0 Å². The Kier molecular flexibility index (Phi) is 1.97. The zero-order chi connectivity index (χ0) is 9.52. The normalized spacial score (nSPS) is 12.0. The lowest BCUT2D eigenvalue weighted by Crippen LogP contribution is -2.14. The number of primary sulfonamides is 1. The Morgan fingerprint density at radius 3 is 2.08 bits per heavy atom. The van der Waals surface area contributed by atoms with Crippen LogP contribution >= 0.6 is 0 Å². The van der Waals surface area contributed by atoms with E-state index >= 15 is 0 Å². The van der Waals surface area contributed by atoms with Crippen molar-refractivity contribution < 1.29 is 8.42 Å². The van der Waals surface area contributed by atoms with Gasteiger partial charge in [-0.2, -0.15) is 5.10 Å². The predicted molar refractivity (Wildman–Crippen MR) is 44.1 cm³/mol. The molecule has 0 unspecified atom stereocenters. The van der Waals surface area contributed by atoms with Crippen LogP contribution in [0.15, 0.2) is 4.90 Å². The van der Waals surface area contributed by atoms with Gasteiger partial charge in [0.1, 0.15) is 4.90 Å². The average Bonchev–Trinajstić information content (AvgIpc) is 2.05. The molecule has 1 aromatic heterocycles. The molecule has 5 nitrogen and oxygen atoms in total. The Bertz CT molecular complexity index is 405. The highest BCUT2D eigenvalue weighted by molar-refractivity contribution is 7.89. The van der Waals surface area contributed by atoms with Gasteiger partial charge in [0.05, 0.1) is 11.4 Å². The molecule has 0 aliphatic rings. The maximum atomic E-state index is 11.0. The van der Waals surface area contributed by atoms with Crippen LogP contribution in [0.1, 0.15) is 11.4 Å². The monoisotopic (exact) mass is 189 g/mol. The van der Waals surface area contributed by atoms with Gasteiger partial charge in [0, 0.05) is 7.05 Å². The molecule has 0 aliphatic heterocycles. The minimum absolute atomic E-state index is 0.130. The molecule has 0 amide bonds. The highest BCUT2D eigenvalue weighted by Gasteiger charge is 2.19. The van der Waals surface area contributed by atoms with Gasteiger partial charge in [-0.3, -0.25) is 4.68 Å². The molecule has 0 fully saturated rings. The molecule has 1 rings (SSSR count). The fourth-order valence-corrected chi connectivity index (χ4v) is 2.16. The standard InChI is InChI=1S/C6H11N3O2S/c1-4-6(12(7,10)11)5(2)9(3)8-4/h1-3H3,(H2,7,10,11). The molecular formula is C6H11N3O2S. The van der Waals surface area contributed by atoms with Gasteiger partial charge in [0.15, 0.2) is 0 Å². The first kappa shape index (κ1) is 9.21. The number of hydrogen-bond donors (Lipinski definition) is 1. The van der Waals surface area contributed by atoms with Gasteiger partial charge in [-0.25, -0.2) is 13.6 Å². The number of aryl methyl sites for hydroxylation is 2. The summed E-state index contributed by atoms with van der Waals surface area (Å²) in [6.07, 6.45) is 0. The summed E-state index contributed by atoms with van der Waals surface area (Å²) in [5, 5.41) is 8.93. The van der Waals surface area contributed by atoms with Crippen LogP contribution < -0.4 is 5.14 Å². The zero-order valence-corrected chi connectivity index (χ0v) is 8.01. The Morgan fingerprint density at radius 2 is 1.92 bits per heavy atom. The van der Waals surface area contributed by atoms with Crippen molar-refractivity contribution >= 4 is 10.0 Å². The minimum atomic E-state index is -3.63. The van der Waals surface area contributed by atoms with Crippen molar-refractivity contribution in [1.82, 2.24) is 9.78 Å². The smallest absolute Gasteiger partial charge is 0.241 e. The molecule has 2 N–H and O–H groups in total. The van der Waals surface area contributed by atoms with E-state index in [1.807, 2.05) is 0 Å². The Labute approximate surface area is 71.2 Å². The Balaban J connectivity index is 3.54. The molecule has 1 heterocycles. The minimum Gasteiger partial charge on any atom is -0.271 e. The number of aromatic nitrogens is 2. The summed E-state index contributed by atoms with van der Waals surface area (Å²) in [6, 6.07) is 0. The summed E-state index contributed by atoms with van der Waals surface area (Å²) < 4.78 is 23.5. The third-order valence-electron chi connectivity index (χ3n) is 1.73. The van der Waals surface area contributed by atoms with Crippen molar-refractivity contribution in [2.75, 3.05) is 0 Å². The van der Waals surface area contributed by atoms with E-state index in [1.165, 1.54) is 4.68 Å². The molecular weight excluding hydrogens is 178 g/mol. The lowest BCUT2D eigenvalue weighted by atomic mass is 10.4. The molecule has 0 atom stereocenters. The highest BCUT2D eigenvalue weighted by atomic mass is 32.2. The SMILES string of the molecule is Cc1nn(C)c(C)c1S(N)(=O)=O. The first-order chi connectivity index (χ1) is 5.34. The number of nitrogens with two attached hydrogens (primary N) is 1. The molecule has 0 saturated heterocycles. The van der Waals surface area contributed by atoms with E-state index in [4.69, 9.17) is 5.14 Å². The van der Waals surface area contributed by atoms with E-state index in [0.29, 0.717) is 11.4 Å². The lowest BCUT2D eigenvalue weighted by Gasteiger charge is -1.96. The predicted octanol–water partition coefficient (Wildman–Crippen LogP) is -0.316. The summed E-state index contributed by atoms with van der Waals surface area (Å²) >= 11 is 0. The quantitative estimate of drug-likeness (QED) is 0.658. The van der Waals surface area contributed by atoms with Crippen molar-refractivity contribution in [2.24, 2.45) is 12.2 Å². The number of sulfonamides is 1. The van der Waals surface area contributed by atoms with Crippen LogP contribution in [0.5, 0.6) is 0 Å². The van der Waals surface area contributed by atoms with Crippen LogP contribution in [0.2, 0.25) is 0 Å². The molecule has 68 valence electrons. The first-order valence-electron chi connectivity index (χ1n) is 3.37. The average molecular weight is 189 g/mol. The second kappa shape index (κ2) is 2.56. The molecule has 12 heavy (non-hydrogen) atoms. The number of hydrogen-bond acceptors (Lipinski definition) is 3. The van der Waals surface area contributed by atoms with E-state index < -0.39 is 10.0 Å². The number of nitrogens with zero attached hydrogens (tertiary/aromatic N) is 2. The van der Waals surface area contributed by atoms with Crippen molar-refractivity contribution in [1.29, 1.82) is 0 Å². The summed E-state index contributed by atoms with van der Waals surface area (Å²) in [4.78, 5) is 0.130. The van der Waals surface area contributed by atoms with Crippen molar-refractivity contribution in [2.45, 2.75) is 18.7 Å². The molecule has 0 spiro atoms. The van der Waals surface area contributed by atoms with Gasteiger partial charge in [-0.05, 0) is 13.8 Å². The molecule has 0 aliphatic carbocycles. The van der Waals surface area contributed by atoms with Crippen LogP contribution in [0.4, 0.5) is 0 Å². The topological polar surface area (TPSA) is 78.0 Å². The van der Waals surface area contributed by atoms with Crippen LogP contribution in [-0.4, -0.2) is 18.2 Å². The van der Waals surface area contributed by atoms with Crippen LogP contribution in [-0.2, 0) is 17.1 Å². The van der Waals surface area contributed by atoms with E-state index in [9.17, 15) is 8.42 Å². The second-order valence-electron chi connectivity index (χ2n) is 2.67. The van der Waals surface area contributed by atoms with Gasteiger partial charge in [-0.1, -0.05) is 0 Å². The summed E-state index contributed by atoms with van der Waals surface area (Å²) in [6.45, 7) is 3.28. The molecule has 0 bridgehead atoms. The van der Waals surface area contributed by atoms with Crippen LogP contribution in [0, 0.1) is 13.8 Å². The Morgan fingerprint density at radius 1 is 1.42 bits per heavy atom. The Hall–Kier alpha value is -0.880. The molecule has 0 saturated carbocycles. The molecule has 0 aromatic carbocycles. The maximum Gasteiger partial charge on any atom is 0.241 e. The molecule has 6 heteroatoms. The third kappa shape index (κ3) is 1.35. The summed E-state index contributed by atoms with van der Waals surface area (Å²) in [7, 11) is -1.95. The van der Waals surface area contributed by atoms with Crippen LogP contribution in [0.3, 0.4) is 0 Å². The molecule has 1 aromatic rings. The number of rotatable bonds is 1. The van der Waals surface area contributed by atoms with Crippen molar-refractivity contribution in [3.8, 4) is 0 Å². The highest BCUT2D eigenvalue weighted by Crippen LogP contribution is 2.15. The van der Waals surface area contributed by atoms with E-state index in [-0.39, 0.29) is 4.90 Å². The zero-order valence-electron chi connectivity index (χ0n) is 7.20. The van der Waals surface area contributed by atoms with Gasteiger partial charge < -0.3 is 0 Å². The largest absolute Gasteiger partial charge is 0.271 e. The second-order valence-corrected chi connectivity index (χ2v) is 4.17. The van der Waals surface area contributed by atoms with Crippen molar-refractivity contribution in [3.05, 3.63) is 11.4 Å². The van der Waals surface area contributed by atoms with Gasteiger partial charge in [0.25, 0.3) is 0 Å². The summed E-state index contributed by atoms with van der Waals surface area (Å²) in [5.74, 6) is 0. The van der Waals surface area contributed by atoms with Crippen LogP contribution in [0.25, 0.3) is 0 Å². The first-order valence-corrected chi connectivity index (χ1v) is 4.91. The summed E-state index contributed by atoms with van der Waals surface area (Å²) in [5.41, 5.74) is 1.01. The van der Waals surface area contributed by atoms with E-state index in [1.54, 1.807) is 20.9 Å². The van der Waals surface area contributed by atoms with Crippen molar-refractivity contribution in [3.63, 3.8) is 0 Å². The van der Waals surface area contributed by atoms with Gasteiger partial charge in [0.2, 0.25) is 10.0 Å². The van der Waals surface area contributed by atoms with E-state index in [0.717, 1.165) is 0 Å². The lowest BCUT2D eigenvalue weighted by molar-refractivity contribution is 0.596. The van der Waals surface area contributed by atoms with Gasteiger partial charge >= 0.3 is 0 Å². The fourth-order valence-electron chi connectivity index (χ4n) is 1.17. The van der Waals surface area contributed by atoms with E-state index in [2.05, 4.69) is 5.10 Å². The molecule has 0 radical (unpaired) electrons.